The van der Waals surface area contributed by atoms with Crippen molar-refractivity contribution in [2.75, 3.05) is 5.75 Å². The molecule has 4 aromatic rings. The predicted octanol–water partition coefficient (Wildman–Crippen LogP) is 4.47. The van der Waals surface area contributed by atoms with Gasteiger partial charge in [-0.1, -0.05) is 72.4 Å². The average Bonchev–Trinajstić information content (AvgIpc) is 3.12. The van der Waals surface area contributed by atoms with Crippen LogP contribution in [-0.2, 0) is 11.3 Å². The third-order valence-electron chi connectivity index (χ3n) is 4.43. The first-order valence-electron chi connectivity index (χ1n) is 9.39. The van der Waals surface area contributed by atoms with Gasteiger partial charge in [0.2, 0.25) is 0 Å². The Morgan fingerprint density at radius 1 is 1.03 bits per heavy atom. The Morgan fingerprint density at radius 3 is 2.60 bits per heavy atom. The molecule has 0 bridgehead atoms. The first-order chi connectivity index (χ1) is 14.7. The predicted molar refractivity (Wildman–Crippen MR) is 118 cm³/mol. The molecule has 30 heavy (non-hydrogen) atoms. The Morgan fingerprint density at radius 2 is 1.77 bits per heavy atom. The summed E-state index contributed by atoms with van der Waals surface area (Å²) >= 11 is 1.34. The molecule has 5 nitrogen and oxygen atoms in total. The molecule has 0 saturated carbocycles. The van der Waals surface area contributed by atoms with Crippen LogP contribution >= 0.6 is 11.8 Å². The van der Waals surface area contributed by atoms with Gasteiger partial charge in [-0.3, -0.25) is 4.79 Å². The highest BCUT2D eigenvalue weighted by Crippen LogP contribution is 2.25. The standard InChI is InChI=1S/C23H19FN4OS/c24-19-11-5-4-10-18(19)14-25-27-22(29)16-30-23-26-20-12-6-7-13-21(20)28(23)15-17-8-2-1-3-9-17/h1-14H,15-16H2,(H,27,29)/b25-14-. The fourth-order valence-electron chi connectivity index (χ4n) is 3.00. The summed E-state index contributed by atoms with van der Waals surface area (Å²) in [6.07, 6.45) is 1.29. The van der Waals surface area contributed by atoms with Gasteiger partial charge in [0.1, 0.15) is 5.82 Å². The number of hydrazone groups is 1. The van der Waals surface area contributed by atoms with Gasteiger partial charge in [0, 0.05) is 5.56 Å². The zero-order valence-electron chi connectivity index (χ0n) is 16.0. The van der Waals surface area contributed by atoms with Crippen molar-refractivity contribution < 1.29 is 9.18 Å². The minimum Gasteiger partial charge on any atom is -0.314 e. The number of carbonyl (C=O) groups excluding carboxylic acids is 1. The van der Waals surface area contributed by atoms with E-state index in [9.17, 15) is 9.18 Å². The molecule has 0 aliphatic rings. The monoisotopic (exact) mass is 418 g/mol. The molecule has 150 valence electrons. The number of nitrogens with zero attached hydrogens (tertiary/aromatic N) is 3. The van der Waals surface area contributed by atoms with E-state index in [0.29, 0.717) is 12.1 Å². The van der Waals surface area contributed by atoms with Crippen molar-refractivity contribution in [2.24, 2.45) is 5.10 Å². The molecule has 0 fully saturated rings. The second-order valence-corrected chi connectivity index (χ2v) is 7.50. The van der Waals surface area contributed by atoms with Gasteiger partial charge >= 0.3 is 0 Å². The fraction of sp³-hybridized carbons (Fsp3) is 0.0870. The normalized spacial score (nSPS) is 11.2. The van der Waals surface area contributed by atoms with E-state index >= 15 is 0 Å². The Balaban J connectivity index is 1.45. The number of thioether (sulfide) groups is 1. The van der Waals surface area contributed by atoms with Gasteiger partial charge in [-0.2, -0.15) is 5.10 Å². The van der Waals surface area contributed by atoms with E-state index < -0.39 is 0 Å². The molecular formula is C23H19FN4OS. The van der Waals surface area contributed by atoms with Gasteiger partial charge < -0.3 is 4.57 Å². The minimum absolute atomic E-state index is 0.146. The molecule has 1 N–H and O–H groups in total. The Labute approximate surface area is 177 Å². The van der Waals surface area contributed by atoms with Crippen LogP contribution in [0.25, 0.3) is 11.0 Å². The van der Waals surface area contributed by atoms with Gasteiger partial charge in [0.15, 0.2) is 5.16 Å². The number of rotatable bonds is 7. The third kappa shape index (κ3) is 4.75. The molecule has 0 aliphatic heterocycles. The highest BCUT2D eigenvalue weighted by Gasteiger charge is 2.13. The maximum absolute atomic E-state index is 13.6. The van der Waals surface area contributed by atoms with Crippen molar-refractivity contribution in [3.63, 3.8) is 0 Å². The maximum Gasteiger partial charge on any atom is 0.250 e. The minimum atomic E-state index is -0.389. The van der Waals surface area contributed by atoms with Crippen molar-refractivity contribution >= 4 is 34.9 Å². The Kier molecular flexibility index (Phi) is 6.20. The molecule has 1 heterocycles. The summed E-state index contributed by atoms with van der Waals surface area (Å²) in [6.45, 7) is 0.663. The number of halogens is 1. The van der Waals surface area contributed by atoms with E-state index in [-0.39, 0.29) is 17.5 Å². The quantitative estimate of drug-likeness (QED) is 0.274. The summed E-state index contributed by atoms with van der Waals surface area (Å²) in [7, 11) is 0. The molecule has 0 saturated heterocycles. The van der Waals surface area contributed by atoms with Crippen LogP contribution in [0, 0.1) is 5.82 Å². The number of hydrogen-bond acceptors (Lipinski definition) is 4. The number of imidazole rings is 1. The van der Waals surface area contributed by atoms with Crippen molar-refractivity contribution in [1.29, 1.82) is 0 Å². The van der Waals surface area contributed by atoms with Crippen molar-refractivity contribution in [1.82, 2.24) is 15.0 Å². The lowest BCUT2D eigenvalue weighted by Crippen LogP contribution is -2.20. The zero-order chi connectivity index (χ0) is 20.8. The molecule has 3 aromatic carbocycles. The van der Waals surface area contributed by atoms with Crippen LogP contribution in [0.15, 0.2) is 89.1 Å². The summed E-state index contributed by atoms with van der Waals surface area (Å²) in [5, 5.41) is 4.60. The largest absolute Gasteiger partial charge is 0.314 e. The van der Waals surface area contributed by atoms with Gasteiger partial charge in [-0.25, -0.2) is 14.8 Å². The second kappa shape index (κ2) is 9.37. The Bertz CT molecular complexity index is 1190. The molecular weight excluding hydrogens is 399 g/mol. The van der Waals surface area contributed by atoms with E-state index in [4.69, 9.17) is 0 Å². The molecule has 7 heteroatoms. The molecule has 0 radical (unpaired) electrons. The summed E-state index contributed by atoms with van der Waals surface area (Å²) in [5.74, 6) is -0.530. The van der Waals surface area contributed by atoms with Crippen LogP contribution in [-0.4, -0.2) is 27.4 Å². The highest BCUT2D eigenvalue weighted by atomic mass is 32.2. The number of nitrogens with one attached hydrogen (secondary N) is 1. The van der Waals surface area contributed by atoms with Crippen molar-refractivity contribution in [3.8, 4) is 0 Å². The van der Waals surface area contributed by atoms with Crippen LogP contribution in [0.4, 0.5) is 4.39 Å². The summed E-state index contributed by atoms with van der Waals surface area (Å²) in [4.78, 5) is 16.9. The van der Waals surface area contributed by atoms with Gasteiger partial charge in [0.05, 0.1) is 29.5 Å². The summed E-state index contributed by atoms with van der Waals surface area (Å²) in [5.41, 5.74) is 5.81. The number of carbonyl (C=O) groups is 1. The molecule has 0 unspecified atom stereocenters. The third-order valence-corrected chi connectivity index (χ3v) is 5.41. The van der Waals surface area contributed by atoms with E-state index in [1.165, 1.54) is 24.0 Å². The average molecular weight is 418 g/mol. The number of hydrogen-bond donors (Lipinski definition) is 1. The molecule has 4 rings (SSSR count). The molecule has 1 aromatic heterocycles. The number of fused-ring (bicyclic) bond motifs is 1. The second-order valence-electron chi connectivity index (χ2n) is 6.56. The van der Waals surface area contributed by atoms with Crippen LogP contribution < -0.4 is 5.43 Å². The maximum atomic E-state index is 13.6. The number of amides is 1. The van der Waals surface area contributed by atoms with Gasteiger partial charge in [0.25, 0.3) is 5.91 Å². The lowest BCUT2D eigenvalue weighted by molar-refractivity contribution is -0.118. The highest BCUT2D eigenvalue weighted by molar-refractivity contribution is 7.99. The molecule has 0 spiro atoms. The Hall–Kier alpha value is -3.45. The van der Waals surface area contributed by atoms with Crippen LogP contribution in [0.3, 0.4) is 0 Å². The van der Waals surface area contributed by atoms with E-state index in [1.54, 1.807) is 18.2 Å². The summed E-state index contributed by atoms with van der Waals surface area (Å²) < 4.78 is 15.7. The fourth-order valence-corrected chi connectivity index (χ4v) is 3.80. The van der Waals surface area contributed by atoms with Crippen LogP contribution in [0.5, 0.6) is 0 Å². The zero-order valence-corrected chi connectivity index (χ0v) is 16.8. The number of para-hydroxylation sites is 2. The van der Waals surface area contributed by atoms with Crippen LogP contribution in [0.2, 0.25) is 0 Å². The van der Waals surface area contributed by atoms with Crippen LogP contribution in [0.1, 0.15) is 11.1 Å². The first-order valence-corrected chi connectivity index (χ1v) is 10.4. The number of aromatic nitrogens is 2. The van der Waals surface area contributed by atoms with Gasteiger partial charge in [-0.15, -0.1) is 0 Å². The van der Waals surface area contributed by atoms with Crippen molar-refractivity contribution in [3.05, 3.63) is 95.8 Å². The molecule has 1 amide bonds. The number of benzene rings is 3. The SMILES string of the molecule is O=C(CSc1nc2ccccc2n1Cc1ccccc1)N/N=C\c1ccccc1F. The molecule has 0 aliphatic carbocycles. The smallest absolute Gasteiger partial charge is 0.250 e. The topological polar surface area (TPSA) is 59.3 Å². The van der Waals surface area contributed by atoms with Gasteiger partial charge in [-0.05, 0) is 23.8 Å². The lowest BCUT2D eigenvalue weighted by Gasteiger charge is -2.09. The van der Waals surface area contributed by atoms with Crippen molar-refractivity contribution in [2.45, 2.75) is 11.7 Å². The summed E-state index contributed by atoms with van der Waals surface area (Å²) in [6, 6.07) is 24.3. The first kappa shape index (κ1) is 19.8. The molecule has 0 atom stereocenters. The lowest BCUT2D eigenvalue weighted by atomic mass is 10.2. The van der Waals surface area contributed by atoms with E-state index in [0.717, 1.165) is 21.8 Å². The van der Waals surface area contributed by atoms with E-state index in [2.05, 4.69) is 32.2 Å². The van der Waals surface area contributed by atoms with E-state index in [1.807, 2.05) is 42.5 Å².